The van der Waals surface area contributed by atoms with Gasteiger partial charge in [-0.15, -0.1) is 0 Å². The van der Waals surface area contributed by atoms with Crippen LogP contribution in [0.25, 0.3) is 32.7 Å². The van der Waals surface area contributed by atoms with Crippen LogP contribution in [0, 0.1) is 23.7 Å². The summed E-state index contributed by atoms with van der Waals surface area (Å²) in [5, 5.41) is 3.42. The van der Waals surface area contributed by atoms with Gasteiger partial charge in [0.2, 0.25) is 0 Å². The van der Waals surface area contributed by atoms with Crippen LogP contribution in [0.15, 0.2) is 121 Å². The average molecular weight is 790 g/mol. The summed E-state index contributed by atoms with van der Waals surface area (Å²) in [5.41, 5.74) is 3.69. The van der Waals surface area contributed by atoms with Crippen molar-refractivity contribution >= 4 is 29.4 Å². The van der Waals surface area contributed by atoms with Crippen LogP contribution in [0.4, 0.5) is 0 Å². The van der Waals surface area contributed by atoms with Gasteiger partial charge in [-0.3, -0.25) is 0 Å². The molecule has 0 spiro atoms. The van der Waals surface area contributed by atoms with Gasteiger partial charge in [-0.1, -0.05) is 162 Å². The molecule has 0 saturated heterocycles. The molecule has 0 fully saturated rings. The number of unbranched alkanes of at least 4 members (excludes halogenated alkanes) is 4. The molecule has 6 aromatic rings. The third-order valence-electron chi connectivity index (χ3n) is 10.8. The fraction of sp³-hybridized carbons (Fsp3) is 0.308. The molecule has 0 radical (unpaired) electrons. The van der Waals surface area contributed by atoms with Crippen molar-refractivity contribution in [2.75, 3.05) is 26.2 Å². The number of hydrogen-bond acceptors (Lipinski definition) is 4. The first kappa shape index (κ1) is 42.3. The zero-order chi connectivity index (χ0) is 40.8. The van der Waals surface area contributed by atoms with E-state index in [9.17, 15) is 9.46 Å². The first-order chi connectivity index (χ1) is 28.3. The van der Waals surface area contributed by atoms with Gasteiger partial charge < -0.3 is 18.4 Å². The van der Waals surface area contributed by atoms with Gasteiger partial charge in [0.15, 0.2) is 11.5 Å². The van der Waals surface area contributed by atoms with Gasteiger partial charge in [-0.05, 0) is 83.6 Å². The quantitative estimate of drug-likeness (QED) is 0.0704. The van der Waals surface area contributed by atoms with Crippen molar-refractivity contribution in [2.45, 2.75) is 79.1 Å². The molecule has 1 aliphatic rings. The van der Waals surface area contributed by atoms with E-state index in [0.29, 0.717) is 22.3 Å². The van der Waals surface area contributed by atoms with E-state index in [1.54, 1.807) is 0 Å². The molecule has 1 heterocycles. The maximum absolute atomic E-state index is 13.4. The van der Waals surface area contributed by atoms with Crippen molar-refractivity contribution in [1.82, 2.24) is 0 Å². The molecule has 0 N–H and O–H groups in total. The molecule has 6 aromatic carbocycles. The number of hydrogen-bond donors (Lipinski definition) is 0. The van der Waals surface area contributed by atoms with E-state index >= 15 is 0 Å². The number of phosphoric ester groups is 1. The van der Waals surface area contributed by atoms with Crippen molar-refractivity contribution < 1.29 is 23.0 Å². The van der Waals surface area contributed by atoms with Crippen LogP contribution in [0.5, 0.6) is 11.5 Å². The first-order valence-corrected chi connectivity index (χ1v) is 22.6. The molecule has 0 aliphatic carbocycles. The molecule has 0 atom stereocenters. The summed E-state index contributed by atoms with van der Waals surface area (Å²) < 4.78 is 26.3. The van der Waals surface area contributed by atoms with Crippen molar-refractivity contribution in [2.24, 2.45) is 0 Å². The molecule has 0 saturated carbocycles. The number of benzene rings is 6. The topological polar surface area (TPSA) is 58.6 Å². The number of rotatable bonds is 12. The second-order valence-corrected chi connectivity index (χ2v) is 16.5. The summed E-state index contributed by atoms with van der Waals surface area (Å²) in [4.78, 5) is 13.4. The summed E-state index contributed by atoms with van der Waals surface area (Å²) in [5.74, 6) is 12.9. The number of phosphoric acid groups is 1. The van der Waals surface area contributed by atoms with E-state index in [-0.39, 0.29) is 11.5 Å². The van der Waals surface area contributed by atoms with Crippen LogP contribution in [0.3, 0.4) is 0 Å². The predicted molar refractivity (Wildman–Crippen MR) is 240 cm³/mol. The highest BCUT2D eigenvalue weighted by Gasteiger charge is 2.32. The van der Waals surface area contributed by atoms with Crippen molar-refractivity contribution in [1.29, 1.82) is 0 Å². The summed E-state index contributed by atoms with van der Waals surface area (Å²) in [6, 6.07) is 38.3. The standard InChI is InChI=1S/C36H21O4P.C16H36N/c37-41(38)39-35-29(21-19-25-11-3-1-4-12-25)23-27-15-7-9-17-31(27)33(35)34-32-18-10-8-16-28(32)24-30(36(34)40-41)22-20-26-13-5-2-6-14-26;1-5-9-13-17(14-10-6-2,15-11-7-3)16-12-8-4/h1-18,23-24H,(H,37,38);5-16H2,1-4H3/q;+1/p-1. The Morgan fingerprint density at radius 3 is 1.21 bits per heavy atom. The van der Waals surface area contributed by atoms with E-state index in [1.807, 2.05) is 121 Å². The van der Waals surface area contributed by atoms with Gasteiger partial charge in [0.1, 0.15) is 0 Å². The van der Waals surface area contributed by atoms with Gasteiger partial charge >= 0.3 is 7.82 Å². The molecule has 58 heavy (non-hydrogen) atoms. The maximum Gasteiger partial charge on any atom is 0.372 e. The molecule has 0 amide bonds. The van der Waals surface area contributed by atoms with E-state index in [4.69, 9.17) is 9.05 Å². The summed E-state index contributed by atoms with van der Waals surface area (Å²) in [6.07, 6.45) is 11.1. The first-order valence-electron chi connectivity index (χ1n) is 21.1. The molecule has 6 heteroatoms. The predicted octanol–water partition coefficient (Wildman–Crippen LogP) is 12.7. The van der Waals surface area contributed by atoms with Gasteiger partial charge in [0, 0.05) is 22.3 Å². The van der Waals surface area contributed by atoms with Crippen molar-refractivity contribution in [3.63, 3.8) is 0 Å². The van der Waals surface area contributed by atoms with Gasteiger partial charge in [-0.2, -0.15) is 0 Å². The van der Waals surface area contributed by atoms with Crippen LogP contribution in [0.2, 0.25) is 0 Å². The maximum atomic E-state index is 13.4. The Bertz CT molecular complexity index is 2280. The average Bonchev–Trinajstić information content (AvgIpc) is 3.38. The highest BCUT2D eigenvalue weighted by Crippen LogP contribution is 2.57. The molecular weight excluding hydrogens is 734 g/mol. The Morgan fingerprint density at radius 2 is 0.845 bits per heavy atom. The normalized spacial score (nSPS) is 12.6. The molecule has 0 unspecified atom stereocenters. The molecule has 0 aromatic heterocycles. The highest BCUT2D eigenvalue weighted by atomic mass is 31.2. The van der Waals surface area contributed by atoms with Gasteiger partial charge in [-0.25, -0.2) is 4.57 Å². The minimum atomic E-state index is -4.88. The Kier molecular flexibility index (Phi) is 14.9. The fourth-order valence-corrected chi connectivity index (χ4v) is 8.60. The SMILES string of the molecule is CCCC[N+](CCCC)(CCCC)CCCC.O=P1([O-])Oc2c(C#Cc3ccccc3)cc3ccccc3c2-c2c(c(C#Cc3ccccc3)cc3ccccc23)O1. The van der Waals surface area contributed by atoms with E-state index in [2.05, 4.69) is 51.4 Å². The zero-order valence-electron chi connectivity index (χ0n) is 34.6. The van der Waals surface area contributed by atoms with Crippen LogP contribution in [0.1, 0.15) is 101 Å². The molecule has 1 aliphatic heterocycles. The summed E-state index contributed by atoms with van der Waals surface area (Å²) in [7, 11) is -4.88. The van der Waals surface area contributed by atoms with Gasteiger partial charge in [0.05, 0.1) is 37.3 Å². The molecule has 0 bridgehead atoms. The molecule has 5 nitrogen and oxygen atoms in total. The molecule has 7 rings (SSSR count). The Morgan fingerprint density at radius 1 is 0.500 bits per heavy atom. The van der Waals surface area contributed by atoms with Crippen molar-refractivity contribution in [3.05, 3.63) is 144 Å². The lowest BCUT2D eigenvalue weighted by Crippen LogP contribution is -2.50. The zero-order valence-corrected chi connectivity index (χ0v) is 35.5. The lowest BCUT2D eigenvalue weighted by Gasteiger charge is -2.39. The lowest BCUT2D eigenvalue weighted by molar-refractivity contribution is -0.929. The smallest absolute Gasteiger partial charge is 0.372 e. The summed E-state index contributed by atoms with van der Waals surface area (Å²) in [6.45, 7) is 15.0. The molecular formula is C52H56NO4P. The van der Waals surface area contributed by atoms with Crippen LogP contribution < -0.4 is 13.9 Å². The largest absolute Gasteiger partial charge is 0.736 e. The minimum absolute atomic E-state index is 0.141. The third-order valence-corrected chi connectivity index (χ3v) is 11.6. The minimum Gasteiger partial charge on any atom is -0.736 e. The molecule has 298 valence electrons. The lowest BCUT2D eigenvalue weighted by atomic mass is 9.89. The fourth-order valence-electron chi connectivity index (χ4n) is 7.74. The Labute approximate surface area is 346 Å². The second-order valence-electron chi connectivity index (χ2n) is 15.2. The van der Waals surface area contributed by atoms with Crippen molar-refractivity contribution in [3.8, 4) is 46.3 Å². The summed E-state index contributed by atoms with van der Waals surface area (Å²) >= 11 is 0. The van der Waals surface area contributed by atoms with Crippen LogP contribution in [-0.4, -0.2) is 30.7 Å². The van der Waals surface area contributed by atoms with Crippen LogP contribution >= 0.6 is 7.82 Å². The van der Waals surface area contributed by atoms with E-state index < -0.39 is 7.82 Å². The Hall–Kier alpha value is -5.29. The van der Waals surface area contributed by atoms with E-state index in [0.717, 1.165) is 32.7 Å². The number of nitrogens with zero attached hydrogens (tertiary/aromatic N) is 1. The third kappa shape index (κ3) is 10.6. The Balaban J connectivity index is 0.000000284. The second kappa shape index (κ2) is 20.4. The highest BCUT2D eigenvalue weighted by molar-refractivity contribution is 7.46. The monoisotopic (exact) mass is 789 g/mol. The number of fused-ring (bicyclic) bond motifs is 7. The van der Waals surface area contributed by atoms with Gasteiger partial charge in [0.25, 0.3) is 0 Å². The van der Waals surface area contributed by atoms with Crippen LogP contribution in [-0.2, 0) is 4.57 Å². The number of quaternary nitrogens is 1. The van der Waals surface area contributed by atoms with E-state index in [1.165, 1.54) is 82.0 Å².